The summed E-state index contributed by atoms with van der Waals surface area (Å²) in [5.74, 6) is 0.317. The average Bonchev–Trinajstić information content (AvgIpc) is 3.35. The lowest BCUT2D eigenvalue weighted by Crippen LogP contribution is -2.17. The quantitative estimate of drug-likeness (QED) is 0.565. The van der Waals surface area contributed by atoms with Crippen molar-refractivity contribution in [1.82, 2.24) is 0 Å². The van der Waals surface area contributed by atoms with E-state index >= 15 is 0 Å². The molecule has 0 aliphatic carbocycles. The second kappa shape index (κ2) is 8.00. The van der Waals surface area contributed by atoms with E-state index < -0.39 is 16.0 Å². The number of fused-ring (bicyclic) bond motifs is 1. The van der Waals surface area contributed by atoms with Crippen LogP contribution in [0.15, 0.2) is 52.7 Å². The molecule has 1 N–H and O–H groups in total. The van der Waals surface area contributed by atoms with Crippen LogP contribution in [-0.2, 0) is 14.8 Å². The molecule has 0 saturated carbocycles. The first-order valence-corrected chi connectivity index (χ1v) is 11.5. The molecular weight excluding hydrogens is 426 g/mol. The second-order valence-electron chi connectivity index (χ2n) is 6.57. The highest BCUT2D eigenvalue weighted by Crippen LogP contribution is 2.39. The van der Waals surface area contributed by atoms with Gasteiger partial charge in [0.05, 0.1) is 12.3 Å². The zero-order chi connectivity index (χ0) is 21.3. The monoisotopic (exact) mass is 445 g/mol. The lowest BCUT2D eigenvalue weighted by Gasteiger charge is -2.12. The lowest BCUT2D eigenvalue weighted by molar-refractivity contribution is 0.0528. The number of benzene rings is 2. The van der Waals surface area contributed by atoms with Crippen molar-refractivity contribution in [2.45, 2.75) is 18.7 Å². The maximum absolute atomic E-state index is 13.4. The molecule has 0 amide bonds. The fourth-order valence-corrected chi connectivity index (χ4v) is 5.79. The van der Waals surface area contributed by atoms with Crippen LogP contribution in [0, 0.1) is 6.92 Å². The van der Waals surface area contributed by atoms with Crippen LogP contribution in [0.1, 0.15) is 22.2 Å². The van der Waals surface area contributed by atoms with Crippen LogP contribution >= 0.6 is 11.3 Å². The maximum Gasteiger partial charge on any atom is 0.349 e. The summed E-state index contributed by atoms with van der Waals surface area (Å²) in [4.78, 5) is 12.4. The Morgan fingerprint density at radius 3 is 2.60 bits per heavy atom. The summed E-state index contributed by atoms with van der Waals surface area (Å²) in [6.45, 7) is 3.85. The molecule has 9 heteroatoms. The van der Waals surface area contributed by atoms with Gasteiger partial charge in [-0.3, -0.25) is 4.72 Å². The topological polar surface area (TPSA) is 90.9 Å². The van der Waals surface area contributed by atoms with Crippen molar-refractivity contribution < 1.29 is 27.4 Å². The molecule has 0 spiro atoms. The number of hydrogen-bond donors (Lipinski definition) is 1. The summed E-state index contributed by atoms with van der Waals surface area (Å²) in [5.41, 5.74) is 2.48. The molecule has 2 aromatic carbocycles. The Morgan fingerprint density at radius 1 is 1.13 bits per heavy atom. The smallest absolute Gasteiger partial charge is 0.349 e. The molecule has 0 unspecified atom stereocenters. The summed E-state index contributed by atoms with van der Waals surface area (Å²) >= 11 is 1.04. The van der Waals surface area contributed by atoms with Crippen LogP contribution in [0.25, 0.3) is 11.1 Å². The fraction of sp³-hybridized carbons (Fsp3) is 0.190. The molecule has 1 aromatic heterocycles. The number of rotatable bonds is 6. The molecule has 0 atom stereocenters. The van der Waals surface area contributed by atoms with E-state index in [9.17, 15) is 13.2 Å². The van der Waals surface area contributed by atoms with Crippen molar-refractivity contribution in [3.8, 4) is 22.6 Å². The number of sulfonamides is 1. The molecular formula is C21H19NO6S2. The largest absolute Gasteiger partial charge is 0.462 e. The van der Waals surface area contributed by atoms with Gasteiger partial charge in [-0.2, -0.15) is 0 Å². The predicted octanol–water partition coefficient (Wildman–Crippen LogP) is 4.43. The van der Waals surface area contributed by atoms with Crippen LogP contribution in [0.3, 0.4) is 0 Å². The van der Waals surface area contributed by atoms with E-state index in [0.717, 1.165) is 16.9 Å². The van der Waals surface area contributed by atoms with Gasteiger partial charge in [0.1, 0.15) is 9.77 Å². The molecule has 0 fully saturated rings. The second-order valence-corrected chi connectivity index (χ2v) is 9.07. The van der Waals surface area contributed by atoms with Gasteiger partial charge in [0.25, 0.3) is 10.0 Å². The molecule has 4 rings (SSSR count). The number of ether oxygens (including phenoxy) is 3. The highest BCUT2D eigenvalue weighted by atomic mass is 32.2. The third kappa shape index (κ3) is 3.86. The summed E-state index contributed by atoms with van der Waals surface area (Å²) in [7, 11) is -4.11. The van der Waals surface area contributed by atoms with E-state index in [0.29, 0.717) is 28.3 Å². The average molecular weight is 446 g/mol. The van der Waals surface area contributed by atoms with Crippen molar-refractivity contribution in [1.29, 1.82) is 0 Å². The first-order chi connectivity index (χ1) is 14.4. The van der Waals surface area contributed by atoms with E-state index in [1.54, 1.807) is 30.5 Å². The maximum atomic E-state index is 13.4. The number of thiophene rings is 1. The number of esters is 1. The molecule has 0 bridgehead atoms. The highest BCUT2D eigenvalue weighted by molar-refractivity contribution is 7.93. The third-order valence-electron chi connectivity index (χ3n) is 4.46. The van der Waals surface area contributed by atoms with Crippen molar-refractivity contribution in [2.24, 2.45) is 0 Å². The molecule has 0 saturated heterocycles. The zero-order valence-corrected chi connectivity index (χ0v) is 17.9. The van der Waals surface area contributed by atoms with Crippen LogP contribution in [0.2, 0.25) is 0 Å². The van der Waals surface area contributed by atoms with Crippen molar-refractivity contribution in [3.05, 3.63) is 58.3 Å². The summed E-state index contributed by atoms with van der Waals surface area (Å²) in [6.07, 6.45) is 0. The number of anilines is 1. The van der Waals surface area contributed by atoms with E-state index in [1.165, 1.54) is 0 Å². The Balaban J connectivity index is 1.79. The molecule has 1 aliphatic heterocycles. The van der Waals surface area contributed by atoms with Crippen molar-refractivity contribution in [3.63, 3.8) is 0 Å². The molecule has 3 aromatic rings. The zero-order valence-electron chi connectivity index (χ0n) is 16.3. The molecule has 1 aliphatic rings. The Kier molecular flexibility index (Phi) is 5.40. The molecule has 30 heavy (non-hydrogen) atoms. The van der Waals surface area contributed by atoms with Crippen LogP contribution < -0.4 is 14.2 Å². The molecule has 156 valence electrons. The number of aryl methyl sites for hydroxylation is 1. The Labute approximate surface area is 178 Å². The SMILES string of the molecule is CCOC(=O)c1scc(-c2ccc(C)cc2)c1S(=O)(=O)Nc1ccc2c(c1)OCO2. The first kappa shape index (κ1) is 20.2. The van der Waals surface area contributed by atoms with Gasteiger partial charge in [-0.25, -0.2) is 13.2 Å². The van der Waals surface area contributed by atoms with Gasteiger partial charge in [0, 0.05) is 17.0 Å². The normalized spacial score (nSPS) is 12.6. The third-order valence-corrected chi connectivity index (χ3v) is 7.02. The summed E-state index contributed by atoms with van der Waals surface area (Å²) in [5, 5.41) is 1.66. The minimum absolute atomic E-state index is 0.0284. The standard InChI is InChI=1S/C21H19NO6S2/c1-3-26-21(23)19-20(16(11-29-19)14-6-4-13(2)5-7-14)30(24,25)22-15-8-9-17-18(10-15)28-12-27-17/h4-11,22H,3,12H2,1-2H3. The van der Waals surface area contributed by atoms with E-state index in [2.05, 4.69) is 4.72 Å². The fourth-order valence-electron chi connectivity index (χ4n) is 3.05. The summed E-state index contributed by atoms with van der Waals surface area (Å²) < 4.78 is 44.9. The molecule has 0 radical (unpaired) electrons. The van der Waals surface area contributed by atoms with Crippen LogP contribution in [-0.4, -0.2) is 27.8 Å². The van der Waals surface area contributed by atoms with E-state index in [4.69, 9.17) is 14.2 Å². The Morgan fingerprint density at radius 2 is 1.87 bits per heavy atom. The van der Waals surface area contributed by atoms with E-state index in [-0.39, 0.29) is 23.2 Å². The van der Waals surface area contributed by atoms with Gasteiger partial charge in [-0.15, -0.1) is 11.3 Å². The Hall–Kier alpha value is -3.04. The highest BCUT2D eigenvalue weighted by Gasteiger charge is 2.30. The van der Waals surface area contributed by atoms with Crippen molar-refractivity contribution in [2.75, 3.05) is 18.1 Å². The van der Waals surface area contributed by atoms with Gasteiger partial charge >= 0.3 is 5.97 Å². The van der Waals surface area contributed by atoms with E-state index in [1.807, 2.05) is 31.2 Å². The number of carbonyl (C=O) groups is 1. The lowest BCUT2D eigenvalue weighted by atomic mass is 10.1. The molecule has 2 heterocycles. The summed E-state index contributed by atoms with van der Waals surface area (Å²) in [6, 6.07) is 12.2. The van der Waals surface area contributed by atoms with Gasteiger partial charge < -0.3 is 14.2 Å². The number of hydrogen-bond acceptors (Lipinski definition) is 7. The van der Waals surface area contributed by atoms with Gasteiger partial charge in [-0.1, -0.05) is 29.8 Å². The van der Waals surface area contributed by atoms with Crippen LogP contribution in [0.4, 0.5) is 5.69 Å². The predicted molar refractivity (Wildman–Crippen MR) is 114 cm³/mol. The minimum Gasteiger partial charge on any atom is -0.462 e. The molecule has 7 nitrogen and oxygen atoms in total. The minimum atomic E-state index is -4.11. The van der Waals surface area contributed by atoms with Gasteiger partial charge in [0.2, 0.25) is 6.79 Å². The Bertz CT molecular complexity index is 1200. The van der Waals surface area contributed by atoms with Crippen molar-refractivity contribution >= 4 is 33.0 Å². The number of carbonyl (C=O) groups excluding carboxylic acids is 1. The van der Waals surface area contributed by atoms with Gasteiger partial charge in [-0.05, 0) is 31.5 Å². The number of nitrogens with one attached hydrogen (secondary N) is 1. The first-order valence-electron chi connectivity index (χ1n) is 9.17. The van der Waals surface area contributed by atoms with Crippen LogP contribution in [0.5, 0.6) is 11.5 Å². The van der Waals surface area contributed by atoms with Gasteiger partial charge in [0.15, 0.2) is 11.5 Å².